The predicted octanol–water partition coefficient (Wildman–Crippen LogP) is 1.69. The zero-order valence-corrected chi connectivity index (χ0v) is 11.9. The van der Waals surface area contributed by atoms with E-state index in [0.717, 1.165) is 19.3 Å². The van der Waals surface area contributed by atoms with Crippen LogP contribution in [-0.4, -0.2) is 24.1 Å². The molecule has 19 heavy (non-hydrogen) atoms. The number of carbonyl (C=O) groups excluding carboxylic acids is 1. The highest BCUT2D eigenvalue weighted by Crippen LogP contribution is 2.31. The lowest BCUT2D eigenvalue weighted by Crippen LogP contribution is -2.39. The number of ether oxygens (including phenoxy) is 1. The maximum atomic E-state index is 11.8. The first-order valence-corrected chi connectivity index (χ1v) is 6.82. The third-order valence-corrected chi connectivity index (χ3v) is 3.29. The molecular formula is C14H23N3O2. The Morgan fingerprint density at radius 1 is 1.58 bits per heavy atom. The molecule has 2 atom stereocenters. The molecule has 2 unspecified atom stereocenters. The molecular weight excluding hydrogens is 242 g/mol. The van der Waals surface area contributed by atoms with Crippen LogP contribution < -0.4 is 11.1 Å². The van der Waals surface area contributed by atoms with Crippen LogP contribution in [0.3, 0.4) is 0 Å². The number of aliphatic imine (C=N–C) groups is 1. The van der Waals surface area contributed by atoms with Crippen LogP contribution >= 0.6 is 0 Å². The van der Waals surface area contributed by atoms with E-state index in [4.69, 9.17) is 10.5 Å². The number of hydrogen-bond donors (Lipinski definition) is 2. The first-order valence-electron chi connectivity index (χ1n) is 6.82. The molecule has 0 amide bonds. The van der Waals surface area contributed by atoms with E-state index in [1.165, 1.54) is 11.3 Å². The summed E-state index contributed by atoms with van der Waals surface area (Å²) >= 11 is 0. The molecule has 0 radical (unpaired) electrons. The molecule has 3 N–H and O–H groups in total. The number of rotatable bonds is 2. The van der Waals surface area contributed by atoms with Crippen LogP contribution in [0.25, 0.3) is 0 Å². The van der Waals surface area contributed by atoms with Crippen molar-refractivity contribution in [3.05, 3.63) is 11.3 Å². The summed E-state index contributed by atoms with van der Waals surface area (Å²) in [5, 5.41) is 3.17. The van der Waals surface area contributed by atoms with Gasteiger partial charge in [0.15, 0.2) is 6.29 Å². The molecule has 106 valence electrons. The van der Waals surface area contributed by atoms with E-state index >= 15 is 0 Å². The smallest absolute Gasteiger partial charge is 0.306 e. The molecule has 1 aliphatic heterocycles. The summed E-state index contributed by atoms with van der Waals surface area (Å²) in [7, 11) is 0. The van der Waals surface area contributed by atoms with Crippen molar-refractivity contribution in [1.82, 2.24) is 5.32 Å². The first-order chi connectivity index (χ1) is 8.83. The first kappa shape index (κ1) is 14.1. The van der Waals surface area contributed by atoms with Crippen molar-refractivity contribution in [2.75, 3.05) is 0 Å². The molecule has 0 saturated heterocycles. The molecule has 0 saturated carbocycles. The Kier molecular flexibility index (Phi) is 3.94. The number of carbonyl (C=O) groups is 1. The van der Waals surface area contributed by atoms with Gasteiger partial charge in [0.1, 0.15) is 5.60 Å². The van der Waals surface area contributed by atoms with Gasteiger partial charge in [-0.05, 0) is 51.5 Å². The summed E-state index contributed by atoms with van der Waals surface area (Å²) in [6.07, 6.45) is 4.80. The summed E-state index contributed by atoms with van der Waals surface area (Å²) in [5.74, 6) is 0.232. The molecule has 0 aromatic rings. The topological polar surface area (TPSA) is 76.7 Å². The van der Waals surface area contributed by atoms with Gasteiger partial charge < -0.3 is 10.1 Å². The van der Waals surface area contributed by atoms with E-state index in [-0.39, 0.29) is 12.3 Å². The highest BCUT2D eigenvalue weighted by molar-refractivity contribution is 5.81. The lowest BCUT2D eigenvalue weighted by atomic mass is 9.84. The largest absolute Gasteiger partial charge is 0.460 e. The lowest BCUT2D eigenvalue weighted by molar-refractivity contribution is -0.156. The van der Waals surface area contributed by atoms with Gasteiger partial charge in [0.05, 0.1) is 0 Å². The quantitative estimate of drug-likeness (QED) is 0.745. The molecule has 0 aromatic heterocycles. The summed E-state index contributed by atoms with van der Waals surface area (Å²) < 4.78 is 5.37. The van der Waals surface area contributed by atoms with Crippen LogP contribution in [0.5, 0.6) is 0 Å². The van der Waals surface area contributed by atoms with E-state index in [1.807, 2.05) is 27.0 Å². The van der Waals surface area contributed by atoms with Crippen molar-refractivity contribution < 1.29 is 9.53 Å². The zero-order chi connectivity index (χ0) is 14.0. The average molecular weight is 265 g/mol. The predicted molar refractivity (Wildman–Crippen MR) is 74.4 cm³/mol. The normalized spacial score (nSPS) is 26.7. The fourth-order valence-corrected chi connectivity index (χ4v) is 2.52. The Bertz CT molecular complexity index is 421. The lowest BCUT2D eigenvalue weighted by Gasteiger charge is -2.30. The fourth-order valence-electron chi connectivity index (χ4n) is 2.52. The van der Waals surface area contributed by atoms with Gasteiger partial charge in [0.2, 0.25) is 0 Å². The van der Waals surface area contributed by atoms with Crippen molar-refractivity contribution >= 4 is 12.2 Å². The summed E-state index contributed by atoms with van der Waals surface area (Å²) in [6.45, 7) is 5.68. The second-order valence-electron chi connectivity index (χ2n) is 6.27. The minimum absolute atomic E-state index is 0.112. The number of allylic oxidation sites excluding steroid dienone is 2. The fraction of sp³-hybridized carbons (Fsp3) is 0.714. The number of nitrogens with two attached hydrogens (primary N) is 1. The van der Waals surface area contributed by atoms with Crippen molar-refractivity contribution in [3.63, 3.8) is 0 Å². The van der Waals surface area contributed by atoms with Gasteiger partial charge in [-0.25, -0.2) is 0 Å². The van der Waals surface area contributed by atoms with Gasteiger partial charge in [-0.3, -0.25) is 15.5 Å². The molecule has 5 nitrogen and oxygen atoms in total. The third kappa shape index (κ3) is 4.06. The van der Waals surface area contributed by atoms with Crippen LogP contribution in [0.1, 0.15) is 46.5 Å². The number of hydrogen-bond acceptors (Lipinski definition) is 5. The SMILES string of the molecule is CC(C)(C)OC(=O)CC1CCC2=C(C=NC(N)N2)C1. The van der Waals surface area contributed by atoms with Gasteiger partial charge in [-0.2, -0.15) is 0 Å². The van der Waals surface area contributed by atoms with Crippen molar-refractivity contribution in [3.8, 4) is 0 Å². The molecule has 5 heteroatoms. The molecule has 2 rings (SSSR count). The van der Waals surface area contributed by atoms with Crippen LogP contribution in [0, 0.1) is 5.92 Å². The van der Waals surface area contributed by atoms with Crippen molar-refractivity contribution in [2.24, 2.45) is 16.6 Å². The Labute approximate surface area is 114 Å². The Balaban J connectivity index is 1.89. The number of nitrogens with one attached hydrogen (secondary N) is 1. The van der Waals surface area contributed by atoms with E-state index in [1.54, 1.807) is 0 Å². The van der Waals surface area contributed by atoms with E-state index in [0.29, 0.717) is 12.3 Å². The maximum Gasteiger partial charge on any atom is 0.306 e. The van der Waals surface area contributed by atoms with Gasteiger partial charge >= 0.3 is 5.97 Å². The number of esters is 1. The van der Waals surface area contributed by atoms with Crippen LogP contribution in [0.4, 0.5) is 0 Å². The van der Waals surface area contributed by atoms with Gasteiger partial charge in [0, 0.05) is 18.3 Å². The monoisotopic (exact) mass is 265 g/mol. The maximum absolute atomic E-state index is 11.8. The molecule has 1 aliphatic carbocycles. The molecule has 2 aliphatic rings. The molecule has 0 bridgehead atoms. The third-order valence-electron chi connectivity index (χ3n) is 3.29. The van der Waals surface area contributed by atoms with E-state index in [2.05, 4.69) is 10.3 Å². The Morgan fingerprint density at radius 3 is 3.00 bits per heavy atom. The molecule has 1 heterocycles. The van der Waals surface area contributed by atoms with Gasteiger partial charge in [-0.1, -0.05) is 0 Å². The van der Waals surface area contributed by atoms with E-state index < -0.39 is 5.60 Å². The van der Waals surface area contributed by atoms with Crippen LogP contribution in [0.2, 0.25) is 0 Å². The number of nitrogens with zero attached hydrogens (tertiary/aromatic N) is 1. The summed E-state index contributed by atoms with van der Waals surface area (Å²) in [5.41, 5.74) is 7.67. The zero-order valence-electron chi connectivity index (χ0n) is 11.9. The summed E-state index contributed by atoms with van der Waals surface area (Å²) in [6, 6.07) is 0. The highest BCUT2D eigenvalue weighted by atomic mass is 16.6. The van der Waals surface area contributed by atoms with E-state index in [9.17, 15) is 4.79 Å². The van der Waals surface area contributed by atoms with Crippen molar-refractivity contribution in [2.45, 2.75) is 58.3 Å². The van der Waals surface area contributed by atoms with Gasteiger partial charge in [0.25, 0.3) is 0 Å². The van der Waals surface area contributed by atoms with Crippen LogP contribution in [0.15, 0.2) is 16.3 Å². The molecule has 0 aromatic carbocycles. The molecule has 0 fully saturated rings. The van der Waals surface area contributed by atoms with Gasteiger partial charge in [-0.15, -0.1) is 0 Å². The molecule has 0 spiro atoms. The second kappa shape index (κ2) is 5.33. The Hall–Kier alpha value is -1.36. The minimum atomic E-state index is -0.406. The van der Waals surface area contributed by atoms with Crippen LogP contribution in [-0.2, 0) is 9.53 Å². The highest BCUT2D eigenvalue weighted by Gasteiger charge is 2.26. The standard InChI is InChI=1S/C14H23N3O2/c1-14(2,3)19-12(18)7-9-4-5-11-10(6-9)8-16-13(15)17-11/h8-9,13,17H,4-7,15H2,1-3H3. The van der Waals surface area contributed by atoms with Crippen molar-refractivity contribution in [1.29, 1.82) is 0 Å². The average Bonchev–Trinajstić information content (AvgIpc) is 2.26. The summed E-state index contributed by atoms with van der Waals surface area (Å²) in [4.78, 5) is 16.0. The minimum Gasteiger partial charge on any atom is -0.460 e. The Morgan fingerprint density at radius 2 is 2.32 bits per heavy atom. The second-order valence-corrected chi connectivity index (χ2v) is 6.27.